The molecular weight excluding hydrogens is 324 g/mol. The van der Waals surface area contributed by atoms with Gasteiger partial charge < -0.3 is 14.8 Å². The number of nitrogens with one attached hydrogen (secondary N) is 1. The summed E-state index contributed by atoms with van der Waals surface area (Å²) in [6.07, 6.45) is 2.06. The van der Waals surface area contributed by atoms with E-state index in [2.05, 4.69) is 15.2 Å². The Morgan fingerprint density at radius 2 is 2.16 bits per heavy atom. The van der Waals surface area contributed by atoms with Crippen LogP contribution in [0.4, 0.5) is 4.79 Å². The van der Waals surface area contributed by atoms with Gasteiger partial charge in [-0.25, -0.2) is 4.79 Å². The zero-order chi connectivity index (χ0) is 17.5. The van der Waals surface area contributed by atoms with E-state index >= 15 is 0 Å². The number of hydrogen-bond donors (Lipinski definition) is 1. The minimum absolute atomic E-state index is 0.0843. The van der Waals surface area contributed by atoms with Gasteiger partial charge >= 0.3 is 6.09 Å². The Morgan fingerprint density at radius 1 is 1.32 bits per heavy atom. The summed E-state index contributed by atoms with van der Waals surface area (Å²) in [5, 5.41) is 2.91. The Kier molecular flexibility index (Phi) is 6.19. The monoisotopic (exact) mass is 348 g/mol. The van der Waals surface area contributed by atoms with Gasteiger partial charge in [0.15, 0.2) is 0 Å². The van der Waals surface area contributed by atoms with Gasteiger partial charge in [-0.15, -0.1) is 0 Å². The van der Waals surface area contributed by atoms with Gasteiger partial charge in [-0.05, 0) is 25.1 Å². The summed E-state index contributed by atoms with van der Waals surface area (Å²) in [5.41, 5.74) is 0.728. The van der Waals surface area contributed by atoms with Gasteiger partial charge in [0.2, 0.25) is 5.91 Å². The molecule has 2 aliphatic rings. The molecular formula is C17H24N4O4. The minimum Gasteiger partial charge on any atom is -0.447 e. The smallest absolute Gasteiger partial charge is 0.411 e. The van der Waals surface area contributed by atoms with Crippen molar-refractivity contribution in [3.63, 3.8) is 0 Å². The maximum absolute atomic E-state index is 12.4. The van der Waals surface area contributed by atoms with Crippen LogP contribution in [0.25, 0.3) is 0 Å². The zero-order valence-corrected chi connectivity index (χ0v) is 14.2. The molecule has 1 aromatic heterocycles. The van der Waals surface area contributed by atoms with Crippen molar-refractivity contribution in [2.45, 2.75) is 19.0 Å². The molecule has 2 fully saturated rings. The van der Waals surface area contributed by atoms with Crippen molar-refractivity contribution in [3.05, 3.63) is 30.1 Å². The zero-order valence-electron chi connectivity index (χ0n) is 14.2. The van der Waals surface area contributed by atoms with E-state index in [0.29, 0.717) is 6.54 Å². The van der Waals surface area contributed by atoms with Crippen LogP contribution in [0.3, 0.4) is 0 Å². The second-order valence-electron chi connectivity index (χ2n) is 6.14. The minimum atomic E-state index is -0.599. The van der Waals surface area contributed by atoms with Gasteiger partial charge in [-0.2, -0.15) is 0 Å². The number of morpholine rings is 1. The van der Waals surface area contributed by atoms with E-state index in [0.717, 1.165) is 45.0 Å². The van der Waals surface area contributed by atoms with E-state index in [-0.39, 0.29) is 19.1 Å². The number of nitrogens with zero attached hydrogens (tertiary/aromatic N) is 3. The number of rotatable bonds is 7. The van der Waals surface area contributed by atoms with Crippen LogP contribution in [-0.2, 0) is 20.8 Å². The van der Waals surface area contributed by atoms with Crippen molar-refractivity contribution in [1.29, 1.82) is 0 Å². The fourth-order valence-corrected chi connectivity index (χ4v) is 2.97. The highest BCUT2D eigenvalue weighted by Gasteiger charge is 2.38. The third-order valence-corrected chi connectivity index (χ3v) is 4.39. The van der Waals surface area contributed by atoms with Crippen molar-refractivity contribution in [1.82, 2.24) is 20.1 Å². The average Bonchev–Trinajstić information content (AvgIpc) is 3.01. The second-order valence-corrected chi connectivity index (χ2v) is 6.14. The number of ether oxygens (including phenoxy) is 2. The van der Waals surface area contributed by atoms with Crippen molar-refractivity contribution in [2.75, 3.05) is 46.0 Å². The number of carbonyl (C=O) groups excluding carboxylic acids is 2. The van der Waals surface area contributed by atoms with Crippen LogP contribution in [-0.4, -0.2) is 78.8 Å². The molecule has 0 radical (unpaired) electrons. The molecule has 1 N–H and O–H groups in total. The van der Waals surface area contributed by atoms with E-state index in [1.54, 1.807) is 6.20 Å². The summed E-state index contributed by atoms with van der Waals surface area (Å²) < 4.78 is 10.4. The fraction of sp³-hybridized carbons (Fsp3) is 0.588. The molecule has 0 bridgehead atoms. The highest BCUT2D eigenvalue weighted by atomic mass is 16.6. The molecule has 3 heterocycles. The van der Waals surface area contributed by atoms with E-state index in [1.165, 1.54) is 4.90 Å². The van der Waals surface area contributed by atoms with Crippen LogP contribution in [0.5, 0.6) is 0 Å². The lowest BCUT2D eigenvalue weighted by atomic mass is 10.2. The van der Waals surface area contributed by atoms with Crippen molar-refractivity contribution in [2.24, 2.45) is 0 Å². The first kappa shape index (κ1) is 17.6. The van der Waals surface area contributed by atoms with Gasteiger partial charge in [-0.3, -0.25) is 19.6 Å². The molecule has 0 aromatic carbocycles. The average molecular weight is 348 g/mol. The topological polar surface area (TPSA) is 84.0 Å². The summed E-state index contributed by atoms with van der Waals surface area (Å²) in [5.74, 6) is -0.177. The molecule has 1 atom stereocenters. The molecule has 3 rings (SSSR count). The van der Waals surface area contributed by atoms with Gasteiger partial charge in [0.25, 0.3) is 0 Å². The molecule has 0 aliphatic carbocycles. The van der Waals surface area contributed by atoms with Crippen molar-refractivity contribution >= 4 is 12.0 Å². The first-order valence-electron chi connectivity index (χ1n) is 8.65. The van der Waals surface area contributed by atoms with Gasteiger partial charge in [0.05, 0.1) is 25.5 Å². The number of aromatic nitrogens is 1. The van der Waals surface area contributed by atoms with E-state index in [4.69, 9.17) is 9.47 Å². The lowest BCUT2D eigenvalue weighted by Crippen LogP contribution is -2.46. The normalized spacial score (nSPS) is 21.2. The summed E-state index contributed by atoms with van der Waals surface area (Å²) in [6.45, 7) is 5.30. The maximum atomic E-state index is 12.4. The van der Waals surface area contributed by atoms with E-state index in [9.17, 15) is 9.59 Å². The van der Waals surface area contributed by atoms with E-state index in [1.807, 2.05) is 18.2 Å². The number of cyclic esters (lactones) is 1. The number of amides is 2. The van der Waals surface area contributed by atoms with Crippen LogP contribution in [0.1, 0.15) is 12.1 Å². The predicted molar refractivity (Wildman–Crippen MR) is 89.8 cm³/mol. The molecule has 8 nitrogen and oxygen atoms in total. The van der Waals surface area contributed by atoms with Gasteiger partial charge in [0, 0.05) is 25.8 Å². The molecule has 0 spiro atoms. The summed E-state index contributed by atoms with van der Waals surface area (Å²) in [7, 11) is 0. The summed E-state index contributed by atoms with van der Waals surface area (Å²) in [4.78, 5) is 32.3. The van der Waals surface area contributed by atoms with Gasteiger partial charge in [-0.1, -0.05) is 6.07 Å². The summed E-state index contributed by atoms with van der Waals surface area (Å²) in [6, 6.07) is 4.88. The lowest BCUT2D eigenvalue weighted by Gasteiger charge is -2.26. The third-order valence-electron chi connectivity index (χ3n) is 4.39. The van der Waals surface area contributed by atoms with E-state index < -0.39 is 12.1 Å². The van der Waals surface area contributed by atoms with Crippen molar-refractivity contribution < 1.29 is 19.1 Å². The fourth-order valence-electron chi connectivity index (χ4n) is 2.97. The molecule has 2 aliphatic heterocycles. The van der Waals surface area contributed by atoms with Crippen LogP contribution in [0, 0.1) is 0 Å². The second kappa shape index (κ2) is 8.77. The largest absolute Gasteiger partial charge is 0.447 e. The molecule has 136 valence electrons. The Morgan fingerprint density at radius 3 is 2.92 bits per heavy atom. The number of hydrogen-bond acceptors (Lipinski definition) is 6. The first-order chi connectivity index (χ1) is 12.2. The van der Waals surface area contributed by atoms with Crippen LogP contribution in [0.2, 0.25) is 0 Å². The predicted octanol–water partition coefficient (Wildman–Crippen LogP) is 0.241. The quantitative estimate of drug-likeness (QED) is 0.711. The molecule has 0 unspecified atom stereocenters. The first-order valence-corrected chi connectivity index (χ1v) is 8.65. The van der Waals surface area contributed by atoms with Crippen LogP contribution >= 0.6 is 0 Å². The molecule has 25 heavy (non-hydrogen) atoms. The Hall–Kier alpha value is -2.19. The highest BCUT2D eigenvalue weighted by molar-refractivity contribution is 5.87. The summed E-state index contributed by atoms with van der Waals surface area (Å²) >= 11 is 0. The Balaban J connectivity index is 1.44. The highest BCUT2D eigenvalue weighted by Crippen LogP contribution is 2.15. The molecule has 1 aromatic rings. The molecule has 2 saturated heterocycles. The maximum Gasteiger partial charge on any atom is 0.411 e. The Bertz CT molecular complexity index is 577. The van der Waals surface area contributed by atoms with Gasteiger partial charge in [0.1, 0.15) is 12.6 Å². The van der Waals surface area contributed by atoms with Crippen molar-refractivity contribution in [3.8, 4) is 0 Å². The third kappa shape index (κ3) is 4.90. The number of pyridine rings is 1. The Labute approximate surface area is 147 Å². The standard InChI is InChI=1S/C17H24N4O4/c22-16(19-6-3-7-20-8-10-24-11-9-20)15-13-25-17(23)21(15)12-14-4-1-2-5-18-14/h1-2,4-5,15H,3,6-13H2,(H,19,22)/t15-/m0/s1. The van der Waals surface area contributed by atoms with Crippen LogP contribution < -0.4 is 5.32 Å². The molecule has 2 amide bonds. The van der Waals surface area contributed by atoms with Crippen LogP contribution in [0.15, 0.2) is 24.4 Å². The molecule has 0 saturated carbocycles. The lowest BCUT2D eigenvalue weighted by molar-refractivity contribution is -0.125. The molecule has 8 heteroatoms. The number of carbonyl (C=O) groups is 2. The SMILES string of the molecule is O=C(NCCCN1CCOCC1)[C@@H]1COC(=O)N1Cc1ccccn1.